The Balaban J connectivity index is 1.98. The first-order chi connectivity index (χ1) is 10.8. The van der Waals surface area contributed by atoms with Crippen LogP contribution in [0.25, 0.3) is 0 Å². The smallest absolute Gasteiger partial charge is 0.319 e. The highest BCUT2D eigenvalue weighted by Crippen LogP contribution is 2.23. The number of hydrogen-bond donors (Lipinski definition) is 2. The number of carbonyl (C=O) groups is 1. The maximum atomic E-state index is 12.2. The van der Waals surface area contributed by atoms with E-state index in [1.165, 1.54) is 10.6 Å². The molecule has 1 fully saturated rings. The van der Waals surface area contributed by atoms with E-state index in [9.17, 15) is 13.2 Å². The molecular weight excluding hydrogens is 316 g/mol. The predicted molar refractivity (Wildman–Crippen MR) is 92.4 cm³/mol. The first kappa shape index (κ1) is 17.6. The number of sulfonamides is 1. The van der Waals surface area contributed by atoms with Crippen LogP contribution in [-0.4, -0.2) is 58.2 Å². The van der Waals surface area contributed by atoms with Gasteiger partial charge in [-0.3, -0.25) is 0 Å². The maximum absolute atomic E-state index is 12.2. The standard InChI is InChI=1S/C15H24N4O3S/c1-18(2)14-9-5-4-8-13(14)17-15(20)16-12-7-6-10-19(11-12)23(3,21)22/h4-5,8-9,12H,6-7,10-11H2,1-3H3,(H2,16,17,20). The van der Waals surface area contributed by atoms with Gasteiger partial charge in [-0.25, -0.2) is 17.5 Å². The summed E-state index contributed by atoms with van der Waals surface area (Å²) in [6.45, 7) is 0.837. The van der Waals surface area contributed by atoms with Crippen LogP contribution in [0.4, 0.5) is 16.2 Å². The Labute approximate surface area is 137 Å². The number of anilines is 2. The van der Waals surface area contributed by atoms with E-state index in [1.807, 2.05) is 43.3 Å². The van der Waals surface area contributed by atoms with E-state index in [4.69, 9.17) is 0 Å². The summed E-state index contributed by atoms with van der Waals surface area (Å²) in [7, 11) is 0.596. The Hall–Kier alpha value is -1.80. The van der Waals surface area contributed by atoms with Crippen molar-refractivity contribution in [2.24, 2.45) is 0 Å². The van der Waals surface area contributed by atoms with Gasteiger partial charge in [0.2, 0.25) is 10.0 Å². The number of rotatable bonds is 4. The van der Waals surface area contributed by atoms with Gasteiger partial charge in [-0.15, -0.1) is 0 Å². The molecule has 1 unspecified atom stereocenters. The largest absolute Gasteiger partial charge is 0.376 e. The molecule has 2 N–H and O–H groups in total. The second kappa shape index (κ2) is 7.18. The fourth-order valence-corrected chi connectivity index (χ4v) is 3.59. The number of benzene rings is 1. The van der Waals surface area contributed by atoms with Crippen LogP contribution in [0.2, 0.25) is 0 Å². The summed E-state index contributed by atoms with van der Waals surface area (Å²) >= 11 is 0. The number of nitrogens with zero attached hydrogens (tertiary/aromatic N) is 2. The highest BCUT2D eigenvalue weighted by atomic mass is 32.2. The molecule has 1 atom stereocenters. The number of nitrogens with one attached hydrogen (secondary N) is 2. The van der Waals surface area contributed by atoms with Crippen LogP contribution in [0.1, 0.15) is 12.8 Å². The van der Waals surface area contributed by atoms with Gasteiger partial charge in [-0.1, -0.05) is 12.1 Å². The molecule has 1 aromatic rings. The van der Waals surface area contributed by atoms with E-state index >= 15 is 0 Å². The average molecular weight is 340 g/mol. The molecule has 1 aliphatic heterocycles. The summed E-state index contributed by atoms with van der Waals surface area (Å²) in [4.78, 5) is 14.1. The van der Waals surface area contributed by atoms with Crippen LogP contribution in [0.3, 0.4) is 0 Å². The summed E-state index contributed by atoms with van der Waals surface area (Å²) < 4.78 is 24.7. The third-order valence-corrected chi connectivity index (χ3v) is 5.09. The summed E-state index contributed by atoms with van der Waals surface area (Å²) in [6, 6.07) is 7.02. The van der Waals surface area contributed by atoms with E-state index in [-0.39, 0.29) is 12.1 Å². The molecule has 0 radical (unpaired) electrons. The molecule has 0 bridgehead atoms. The van der Waals surface area contributed by atoms with Crippen LogP contribution in [0.15, 0.2) is 24.3 Å². The molecule has 7 nitrogen and oxygen atoms in total. The molecule has 8 heteroatoms. The lowest BCUT2D eigenvalue weighted by atomic mass is 10.1. The van der Waals surface area contributed by atoms with Gasteiger partial charge < -0.3 is 15.5 Å². The molecule has 0 aliphatic carbocycles. The number of carbonyl (C=O) groups excluding carboxylic acids is 1. The third kappa shape index (κ3) is 4.84. The quantitative estimate of drug-likeness (QED) is 0.865. The molecule has 2 rings (SSSR count). The number of hydrogen-bond acceptors (Lipinski definition) is 4. The second-order valence-corrected chi connectivity index (χ2v) is 7.95. The van der Waals surface area contributed by atoms with Gasteiger partial charge in [0, 0.05) is 33.2 Å². The minimum Gasteiger partial charge on any atom is -0.376 e. The lowest BCUT2D eigenvalue weighted by Gasteiger charge is -2.31. The number of urea groups is 1. The second-order valence-electron chi connectivity index (χ2n) is 5.97. The highest BCUT2D eigenvalue weighted by Gasteiger charge is 2.26. The molecule has 23 heavy (non-hydrogen) atoms. The average Bonchev–Trinajstić information content (AvgIpc) is 2.46. The molecule has 1 aliphatic rings. The zero-order chi connectivity index (χ0) is 17.0. The van der Waals surface area contributed by atoms with Crippen LogP contribution >= 0.6 is 0 Å². The zero-order valence-corrected chi connectivity index (χ0v) is 14.6. The summed E-state index contributed by atoms with van der Waals surface area (Å²) in [5.41, 5.74) is 1.62. The molecule has 1 heterocycles. The predicted octanol–water partition coefficient (Wildman–Crippen LogP) is 1.30. The molecule has 128 valence electrons. The van der Waals surface area contributed by atoms with Gasteiger partial charge in [0.05, 0.1) is 17.6 Å². The van der Waals surface area contributed by atoms with Gasteiger partial charge in [0.15, 0.2) is 0 Å². The molecule has 1 aromatic carbocycles. The SMILES string of the molecule is CN(C)c1ccccc1NC(=O)NC1CCCN(S(C)(=O)=O)C1. The van der Waals surface area contributed by atoms with E-state index in [2.05, 4.69) is 10.6 Å². The van der Waals surface area contributed by atoms with Gasteiger partial charge in [0.25, 0.3) is 0 Å². The summed E-state index contributed by atoms with van der Waals surface area (Å²) in [5, 5.41) is 5.69. The van der Waals surface area contributed by atoms with E-state index in [0.29, 0.717) is 18.8 Å². The molecule has 1 saturated heterocycles. The van der Waals surface area contributed by atoms with Crippen molar-refractivity contribution in [1.29, 1.82) is 0 Å². The van der Waals surface area contributed by atoms with Gasteiger partial charge >= 0.3 is 6.03 Å². The van der Waals surface area contributed by atoms with Crippen molar-refractivity contribution in [1.82, 2.24) is 9.62 Å². The summed E-state index contributed by atoms with van der Waals surface area (Å²) in [6.07, 6.45) is 2.71. The molecule has 0 saturated carbocycles. The lowest BCUT2D eigenvalue weighted by molar-refractivity contribution is 0.236. The monoisotopic (exact) mass is 340 g/mol. The molecule has 0 spiro atoms. The van der Waals surface area contributed by atoms with Crippen molar-refractivity contribution in [2.75, 3.05) is 43.7 Å². The van der Waals surface area contributed by atoms with Crippen LogP contribution in [0.5, 0.6) is 0 Å². The van der Waals surface area contributed by atoms with Crippen LogP contribution < -0.4 is 15.5 Å². The van der Waals surface area contributed by atoms with Gasteiger partial charge in [-0.2, -0.15) is 0 Å². The van der Waals surface area contributed by atoms with Crippen LogP contribution in [-0.2, 0) is 10.0 Å². The number of piperidine rings is 1. The fourth-order valence-electron chi connectivity index (χ4n) is 2.67. The van der Waals surface area contributed by atoms with Crippen molar-refractivity contribution in [3.05, 3.63) is 24.3 Å². The van der Waals surface area contributed by atoms with Crippen molar-refractivity contribution < 1.29 is 13.2 Å². The highest BCUT2D eigenvalue weighted by molar-refractivity contribution is 7.88. The van der Waals surface area contributed by atoms with Crippen LogP contribution in [0, 0.1) is 0 Å². The fraction of sp³-hybridized carbons (Fsp3) is 0.533. The zero-order valence-electron chi connectivity index (χ0n) is 13.7. The minimum atomic E-state index is -3.22. The number of para-hydroxylation sites is 2. The number of amides is 2. The first-order valence-electron chi connectivity index (χ1n) is 7.56. The Kier molecular flexibility index (Phi) is 5.48. The lowest BCUT2D eigenvalue weighted by Crippen LogP contribution is -2.50. The Morgan fingerprint density at radius 1 is 1.30 bits per heavy atom. The normalized spacial score (nSPS) is 19.2. The van der Waals surface area contributed by atoms with E-state index in [0.717, 1.165) is 18.5 Å². The Morgan fingerprint density at radius 3 is 2.65 bits per heavy atom. The molecular formula is C15H24N4O3S. The summed E-state index contributed by atoms with van der Waals surface area (Å²) in [5.74, 6) is 0. The van der Waals surface area contributed by atoms with E-state index < -0.39 is 10.0 Å². The Morgan fingerprint density at radius 2 is 2.00 bits per heavy atom. The van der Waals surface area contributed by atoms with Crippen molar-refractivity contribution in [3.63, 3.8) is 0 Å². The van der Waals surface area contributed by atoms with E-state index in [1.54, 1.807) is 0 Å². The first-order valence-corrected chi connectivity index (χ1v) is 9.41. The maximum Gasteiger partial charge on any atom is 0.319 e. The molecule has 2 amide bonds. The van der Waals surface area contributed by atoms with Crippen molar-refractivity contribution >= 4 is 27.4 Å². The topological polar surface area (TPSA) is 81.8 Å². The third-order valence-electron chi connectivity index (χ3n) is 3.82. The van der Waals surface area contributed by atoms with Gasteiger partial charge in [-0.05, 0) is 25.0 Å². The van der Waals surface area contributed by atoms with Gasteiger partial charge in [0.1, 0.15) is 0 Å². The minimum absolute atomic E-state index is 0.176. The van der Waals surface area contributed by atoms with Crippen molar-refractivity contribution in [2.45, 2.75) is 18.9 Å². The Bertz CT molecular complexity index is 660. The van der Waals surface area contributed by atoms with Crippen molar-refractivity contribution in [3.8, 4) is 0 Å². The molecule has 0 aromatic heterocycles.